The monoisotopic (exact) mass is 207 g/mol. The van der Waals surface area contributed by atoms with Crippen molar-refractivity contribution in [2.24, 2.45) is 0 Å². The molecule has 0 radical (unpaired) electrons. The van der Waals surface area contributed by atoms with Gasteiger partial charge in [-0.1, -0.05) is 0 Å². The summed E-state index contributed by atoms with van der Waals surface area (Å²) in [6, 6.07) is 4.38. The fourth-order valence-electron chi connectivity index (χ4n) is 1.25. The van der Waals surface area contributed by atoms with E-state index < -0.39 is 12.1 Å². The largest absolute Gasteiger partial charge is 0.478 e. The van der Waals surface area contributed by atoms with E-state index in [-0.39, 0.29) is 11.5 Å². The third-order valence-corrected chi connectivity index (χ3v) is 2.01. The Hall–Kier alpha value is -1.88. The number of carbonyl (C=O) groups is 1. The number of fused-ring (bicyclic) bond motifs is 1. The molecule has 1 aromatic heterocycles. The molecular weight excluding hydrogens is 198 g/mol. The number of hydrogen-bond donors (Lipinski definition) is 2. The first-order valence-corrected chi connectivity index (χ1v) is 4.40. The Labute approximate surface area is 85.0 Å². The molecule has 1 atom stereocenters. The summed E-state index contributed by atoms with van der Waals surface area (Å²) in [5.74, 6) is -0.834. The summed E-state index contributed by atoms with van der Waals surface area (Å²) in [5, 5.41) is 18.0. The van der Waals surface area contributed by atoms with Crippen LogP contribution in [0.4, 0.5) is 0 Å². The molecule has 0 saturated carbocycles. The van der Waals surface area contributed by atoms with Crippen LogP contribution in [0.2, 0.25) is 0 Å². The number of aliphatic hydroxyl groups excluding tert-OH is 1. The van der Waals surface area contributed by atoms with Crippen LogP contribution in [0.25, 0.3) is 11.1 Å². The zero-order chi connectivity index (χ0) is 11.0. The van der Waals surface area contributed by atoms with Crippen LogP contribution >= 0.6 is 0 Å². The summed E-state index contributed by atoms with van der Waals surface area (Å²) in [6.07, 6.45) is -0.800. The number of aliphatic hydroxyl groups is 1. The average Bonchev–Trinajstić information content (AvgIpc) is 2.59. The highest BCUT2D eigenvalue weighted by Crippen LogP contribution is 2.20. The Kier molecular flexibility index (Phi) is 2.17. The van der Waals surface area contributed by atoms with E-state index >= 15 is 0 Å². The van der Waals surface area contributed by atoms with Crippen molar-refractivity contribution in [2.75, 3.05) is 0 Å². The van der Waals surface area contributed by atoms with E-state index in [1.165, 1.54) is 19.1 Å². The molecular formula is C10H9NO4. The molecule has 5 nitrogen and oxygen atoms in total. The quantitative estimate of drug-likeness (QED) is 0.781. The fourth-order valence-corrected chi connectivity index (χ4v) is 1.25. The van der Waals surface area contributed by atoms with E-state index in [1.54, 1.807) is 6.07 Å². The van der Waals surface area contributed by atoms with Crippen LogP contribution in [0.1, 0.15) is 29.3 Å². The molecule has 0 amide bonds. The van der Waals surface area contributed by atoms with Crippen LogP contribution < -0.4 is 0 Å². The van der Waals surface area contributed by atoms with Crippen LogP contribution in [-0.4, -0.2) is 21.2 Å². The van der Waals surface area contributed by atoms with Gasteiger partial charge in [0.15, 0.2) is 5.58 Å². The first-order chi connectivity index (χ1) is 7.08. The molecule has 1 heterocycles. The number of nitrogens with zero attached hydrogens (tertiary/aromatic N) is 1. The first-order valence-electron chi connectivity index (χ1n) is 4.40. The maximum Gasteiger partial charge on any atom is 0.335 e. The predicted octanol–water partition coefficient (Wildman–Crippen LogP) is 1.58. The summed E-state index contributed by atoms with van der Waals surface area (Å²) >= 11 is 0. The molecule has 0 bridgehead atoms. The summed E-state index contributed by atoms with van der Waals surface area (Å²) < 4.78 is 5.20. The molecule has 2 N–H and O–H groups in total. The minimum atomic E-state index is -1.02. The SMILES string of the molecule is C[C@H](O)c1nc2ccc(C(=O)O)cc2o1. The third-order valence-electron chi connectivity index (χ3n) is 2.01. The van der Waals surface area contributed by atoms with Gasteiger partial charge in [0, 0.05) is 0 Å². The molecule has 0 saturated heterocycles. The lowest BCUT2D eigenvalue weighted by Crippen LogP contribution is -1.94. The molecule has 2 rings (SSSR count). The Morgan fingerprint density at radius 2 is 2.27 bits per heavy atom. The van der Waals surface area contributed by atoms with Crippen LogP contribution in [0.5, 0.6) is 0 Å². The lowest BCUT2D eigenvalue weighted by atomic mass is 10.2. The maximum absolute atomic E-state index is 10.7. The lowest BCUT2D eigenvalue weighted by Gasteiger charge is -1.93. The molecule has 2 aromatic rings. The van der Waals surface area contributed by atoms with Gasteiger partial charge in [-0.15, -0.1) is 0 Å². The topological polar surface area (TPSA) is 83.6 Å². The van der Waals surface area contributed by atoms with E-state index in [0.717, 1.165) is 0 Å². The fraction of sp³-hybridized carbons (Fsp3) is 0.200. The van der Waals surface area contributed by atoms with Gasteiger partial charge in [0.25, 0.3) is 0 Å². The summed E-state index contributed by atoms with van der Waals surface area (Å²) in [7, 11) is 0. The third kappa shape index (κ3) is 1.69. The van der Waals surface area contributed by atoms with Crippen molar-refractivity contribution in [3.05, 3.63) is 29.7 Å². The number of aromatic nitrogens is 1. The van der Waals surface area contributed by atoms with Crippen molar-refractivity contribution < 1.29 is 19.4 Å². The Morgan fingerprint density at radius 3 is 2.87 bits per heavy atom. The highest BCUT2D eigenvalue weighted by molar-refractivity contribution is 5.91. The molecule has 15 heavy (non-hydrogen) atoms. The van der Waals surface area contributed by atoms with Crippen LogP contribution in [0.3, 0.4) is 0 Å². The van der Waals surface area contributed by atoms with Gasteiger partial charge < -0.3 is 14.6 Å². The normalized spacial score (nSPS) is 12.9. The smallest absolute Gasteiger partial charge is 0.335 e. The Balaban J connectivity index is 2.57. The molecule has 0 aliphatic carbocycles. The number of aromatic carboxylic acids is 1. The van der Waals surface area contributed by atoms with Gasteiger partial charge in [-0.3, -0.25) is 0 Å². The molecule has 0 aliphatic rings. The van der Waals surface area contributed by atoms with Crippen LogP contribution in [0, 0.1) is 0 Å². The first kappa shape index (κ1) is 9.67. The molecule has 78 valence electrons. The Morgan fingerprint density at radius 1 is 1.53 bits per heavy atom. The summed E-state index contributed by atoms with van der Waals surface area (Å²) in [6.45, 7) is 1.53. The molecule has 1 aromatic carbocycles. The second-order valence-electron chi connectivity index (χ2n) is 3.22. The lowest BCUT2D eigenvalue weighted by molar-refractivity contribution is 0.0697. The minimum absolute atomic E-state index is 0.135. The van der Waals surface area contributed by atoms with Crippen molar-refractivity contribution in [3.8, 4) is 0 Å². The molecule has 0 unspecified atom stereocenters. The number of oxazole rings is 1. The van der Waals surface area contributed by atoms with Crippen LogP contribution in [-0.2, 0) is 0 Å². The highest BCUT2D eigenvalue weighted by atomic mass is 16.4. The number of carboxylic acid groups (broad SMARTS) is 1. The Bertz CT molecular complexity index is 515. The van der Waals surface area contributed by atoms with E-state index in [0.29, 0.717) is 11.1 Å². The van der Waals surface area contributed by atoms with E-state index in [1.807, 2.05) is 0 Å². The number of hydrogen-bond acceptors (Lipinski definition) is 4. The van der Waals surface area contributed by atoms with Crippen molar-refractivity contribution >= 4 is 17.1 Å². The zero-order valence-electron chi connectivity index (χ0n) is 7.97. The summed E-state index contributed by atoms with van der Waals surface area (Å²) in [5.41, 5.74) is 1.04. The maximum atomic E-state index is 10.7. The number of carboxylic acids is 1. The predicted molar refractivity (Wildman–Crippen MR) is 51.6 cm³/mol. The number of rotatable bonds is 2. The highest BCUT2D eigenvalue weighted by Gasteiger charge is 2.12. The van der Waals surface area contributed by atoms with Crippen LogP contribution in [0.15, 0.2) is 22.6 Å². The molecule has 5 heteroatoms. The van der Waals surface area contributed by atoms with Crippen molar-refractivity contribution in [3.63, 3.8) is 0 Å². The van der Waals surface area contributed by atoms with E-state index in [2.05, 4.69) is 4.98 Å². The second kappa shape index (κ2) is 3.36. The standard InChI is InChI=1S/C10H9NO4/c1-5(12)9-11-7-3-2-6(10(13)14)4-8(7)15-9/h2-5,12H,1H3,(H,13,14)/t5-/m0/s1. The molecule has 0 fully saturated rings. The van der Waals surface area contributed by atoms with Gasteiger partial charge in [0.1, 0.15) is 11.6 Å². The van der Waals surface area contributed by atoms with Gasteiger partial charge in [-0.05, 0) is 25.1 Å². The summed E-state index contributed by atoms with van der Waals surface area (Å²) in [4.78, 5) is 14.7. The van der Waals surface area contributed by atoms with E-state index in [9.17, 15) is 9.90 Å². The zero-order valence-corrected chi connectivity index (χ0v) is 7.97. The minimum Gasteiger partial charge on any atom is -0.478 e. The van der Waals surface area contributed by atoms with E-state index in [4.69, 9.17) is 9.52 Å². The van der Waals surface area contributed by atoms with Crippen molar-refractivity contribution in [1.82, 2.24) is 4.98 Å². The van der Waals surface area contributed by atoms with Crippen molar-refractivity contribution in [1.29, 1.82) is 0 Å². The van der Waals surface area contributed by atoms with Gasteiger partial charge in [0.05, 0.1) is 5.56 Å². The van der Waals surface area contributed by atoms with Crippen molar-refractivity contribution in [2.45, 2.75) is 13.0 Å². The van der Waals surface area contributed by atoms with Gasteiger partial charge in [-0.25, -0.2) is 9.78 Å². The average molecular weight is 207 g/mol. The second-order valence-corrected chi connectivity index (χ2v) is 3.22. The number of benzene rings is 1. The molecule has 0 aliphatic heterocycles. The van der Waals surface area contributed by atoms with Gasteiger partial charge >= 0.3 is 5.97 Å². The molecule has 0 spiro atoms. The van der Waals surface area contributed by atoms with Gasteiger partial charge in [-0.2, -0.15) is 0 Å². The van der Waals surface area contributed by atoms with Gasteiger partial charge in [0.2, 0.25) is 5.89 Å².